The number of aliphatic hydroxyl groups excluding tert-OH is 1. The summed E-state index contributed by atoms with van der Waals surface area (Å²) in [5.74, 6) is -2.97. The molecule has 1 aromatic carbocycles. The number of carbonyl (C=O) groups is 3. The number of anilines is 1. The van der Waals surface area contributed by atoms with Crippen molar-refractivity contribution < 1.29 is 24.2 Å². The van der Waals surface area contributed by atoms with E-state index in [1.165, 1.54) is 4.90 Å². The Morgan fingerprint density at radius 2 is 2.14 bits per heavy atom. The fraction of sp³-hybridized carbons (Fsp3) is 0.550. The lowest BCUT2D eigenvalue weighted by molar-refractivity contribution is -0.144. The lowest BCUT2D eigenvalue weighted by Gasteiger charge is -2.30. The summed E-state index contributed by atoms with van der Waals surface area (Å²) >= 11 is 6.19. The number of likely N-dealkylation sites (tertiary alicyclic amines) is 1. The number of nitrogens with zero attached hydrogens (tertiary/aromatic N) is 1. The molecule has 4 heterocycles. The molecule has 8 nitrogen and oxygen atoms in total. The van der Waals surface area contributed by atoms with Gasteiger partial charge in [0.25, 0.3) is 0 Å². The molecule has 1 spiro atoms. The highest BCUT2D eigenvalue weighted by Crippen LogP contribution is 2.53. The molecule has 5 rings (SSSR count). The third-order valence-corrected chi connectivity index (χ3v) is 6.87. The summed E-state index contributed by atoms with van der Waals surface area (Å²) in [5.41, 5.74) is -0.354. The second-order valence-corrected chi connectivity index (χ2v) is 8.72. The molecule has 0 bridgehead atoms. The smallest absolute Gasteiger partial charge is 0.250 e. The van der Waals surface area contributed by atoms with Gasteiger partial charge in [0, 0.05) is 28.9 Å². The van der Waals surface area contributed by atoms with Gasteiger partial charge >= 0.3 is 0 Å². The molecule has 4 aliphatic heterocycles. The highest BCUT2D eigenvalue weighted by Gasteiger charge is 2.71. The number of ether oxygens (including phenoxy) is 1. The third kappa shape index (κ3) is 2.53. The van der Waals surface area contributed by atoms with Crippen LogP contribution < -0.4 is 10.6 Å². The van der Waals surface area contributed by atoms with Gasteiger partial charge in [0.1, 0.15) is 5.54 Å². The Labute approximate surface area is 172 Å². The average Bonchev–Trinajstić information content (AvgIpc) is 3.41. The first kappa shape index (κ1) is 19.0. The molecule has 3 fully saturated rings. The number of rotatable bonds is 3. The maximum absolute atomic E-state index is 13.5. The minimum atomic E-state index is -1.44. The van der Waals surface area contributed by atoms with E-state index in [0.717, 1.165) is 12.8 Å². The Morgan fingerprint density at radius 1 is 1.34 bits per heavy atom. The van der Waals surface area contributed by atoms with E-state index >= 15 is 0 Å². The fourth-order valence-electron chi connectivity index (χ4n) is 5.35. The Balaban J connectivity index is 1.61. The molecule has 3 saturated heterocycles. The maximum atomic E-state index is 13.5. The number of hydrogen-bond donors (Lipinski definition) is 3. The number of nitrogens with one attached hydrogen (secondary N) is 2. The Kier molecular flexibility index (Phi) is 4.26. The first-order valence-corrected chi connectivity index (χ1v) is 10.3. The summed E-state index contributed by atoms with van der Waals surface area (Å²) < 4.78 is 5.61. The largest absolute Gasteiger partial charge is 0.392 e. The van der Waals surface area contributed by atoms with Crippen LogP contribution in [0, 0.1) is 11.8 Å². The van der Waals surface area contributed by atoms with Gasteiger partial charge in [-0.3, -0.25) is 24.6 Å². The number of amides is 3. The molecule has 0 saturated carbocycles. The van der Waals surface area contributed by atoms with Crippen molar-refractivity contribution in [1.82, 2.24) is 10.2 Å². The van der Waals surface area contributed by atoms with Crippen molar-refractivity contribution in [3.8, 4) is 0 Å². The molecule has 9 heteroatoms. The van der Waals surface area contributed by atoms with Crippen LogP contribution in [0.4, 0.5) is 5.69 Å². The van der Waals surface area contributed by atoms with Crippen LogP contribution in [0.25, 0.3) is 0 Å². The molecular formula is C20H22ClN3O5. The predicted octanol–water partition coefficient (Wildman–Crippen LogP) is 0.620. The quantitative estimate of drug-likeness (QED) is 0.620. The second kappa shape index (κ2) is 6.50. The normalized spacial score (nSPS) is 36.7. The molecule has 2 unspecified atom stereocenters. The predicted molar refractivity (Wildman–Crippen MR) is 103 cm³/mol. The zero-order valence-corrected chi connectivity index (χ0v) is 16.6. The number of fused-ring (bicyclic) bond motifs is 4. The summed E-state index contributed by atoms with van der Waals surface area (Å²) in [7, 11) is 0. The fourth-order valence-corrected chi connectivity index (χ4v) is 5.52. The van der Waals surface area contributed by atoms with E-state index in [2.05, 4.69) is 10.6 Å². The van der Waals surface area contributed by atoms with Crippen LogP contribution in [0.3, 0.4) is 0 Å². The van der Waals surface area contributed by atoms with E-state index in [1.807, 2.05) is 0 Å². The van der Waals surface area contributed by atoms with Gasteiger partial charge in [-0.1, -0.05) is 11.6 Å². The zero-order valence-electron chi connectivity index (χ0n) is 15.9. The maximum Gasteiger partial charge on any atom is 0.250 e. The number of hydrogen-bond acceptors (Lipinski definition) is 6. The monoisotopic (exact) mass is 419 g/mol. The van der Waals surface area contributed by atoms with Crippen molar-refractivity contribution in [3.05, 3.63) is 28.8 Å². The number of imide groups is 1. The van der Waals surface area contributed by atoms with Gasteiger partial charge in [-0.25, -0.2) is 0 Å². The van der Waals surface area contributed by atoms with Gasteiger partial charge < -0.3 is 15.2 Å². The summed E-state index contributed by atoms with van der Waals surface area (Å²) in [5, 5.41) is 16.8. The molecule has 0 radical (unpaired) electrons. The molecule has 6 atom stereocenters. The summed E-state index contributed by atoms with van der Waals surface area (Å²) in [6.07, 6.45) is 0.561. The van der Waals surface area contributed by atoms with Gasteiger partial charge in [0.2, 0.25) is 17.7 Å². The molecule has 4 aliphatic rings. The first-order valence-electron chi connectivity index (χ1n) is 9.88. The highest BCUT2D eigenvalue weighted by molar-refractivity contribution is 6.31. The molecule has 3 N–H and O–H groups in total. The van der Waals surface area contributed by atoms with Gasteiger partial charge in [-0.05, 0) is 38.0 Å². The number of carbonyl (C=O) groups excluding carboxylic acids is 3. The minimum absolute atomic E-state index is 0.178. The van der Waals surface area contributed by atoms with E-state index in [0.29, 0.717) is 22.9 Å². The minimum Gasteiger partial charge on any atom is -0.392 e. The Morgan fingerprint density at radius 3 is 2.83 bits per heavy atom. The lowest BCUT2D eigenvalue weighted by Crippen LogP contribution is -2.55. The molecule has 29 heavy (non-hydrogen) atoms. The van der Waals surface area contributed by atoms with Crippen molar-refractivity contribution in [2.45, 2.75) is 43.6 Å². The van der Waals surface area contributed by atoms with E-state index < -0.39 is 41.3 Å². The average molecular weight is 420 g/mol. The highest BCUT2D eigenvalue weighted by atomic mass is 35.5. The van der Waals surface area contributed by atoms with Gasteiger partial charge in [0.05, 0.1) is 30.6 Å². The second-order valence-electron chi connectivity index (χ2n) is 8.29. The van der Waals surface area contributed by atoms with E-state index in [1.54, 1.807) is 25.1 Å². The molecule has 0 aromatic heterocycles. The van der Waals surface area contributed by atoms with E-state index in [4.69, 9.17) is 16.3 Å². The van der Waals surface area contributed by atoms with Crippen molar-refractivity contribution in [1.29, 1.82) is 0 Å². The lowest BCUT2D eigenvalue weighted by atomic mass is 9.76. The number of aliphatic hydroxyl groups is 1. The Hall–Kier alpha value is -2.00. The summed E-state index contributed by atoms with van der Waals surface area (Å²) in [6.45, 7) is 2.35. The molecule has 1 aromatic rings. The molecule has 3 amide bonds. The topological polar surface area (TPSA) is 108 Å². The molecule has 0 aliphatic carbocycles. The van der Waals surface area contributed by atoms with Crippen LogP contribution in [-0.2, 0) is 24.7 Å². The van der Waals surface area contributed by atoms with Gasteiger partial charge in [-0.15, -0.1) is 0 Å². The Bertz CT molecular complexity index is 915. The first-order chi connectivity index (χ1) is 13.8. The van der Waals surface area contributed by atoms with Crippen LogP contribution in [0.15, 0.2) is 18.2 Å². The van der Waals surface area contributed by atoms with Crippen LogP contribution in [0.5, 0.6) is 0 Å². The van der Waals surface area contributed by atoms with Gasteiger partial charge in [0.15, 0.2) is 0 Å². The zero-order chi connectivity index (χ0) is 20.5. The SMILES string of the molecule is CC(O)[C@@H]1N[C@@]2(C(=O)Nc3ccc(Cl)cc32)[C@H]2C(=O)N(CC3CCCO3)C(=O)[C@@H]12. The van der Waals surface area contributed by atoms with E-state index in [-0.39, 0.29) is 18.6 Å². The van der Waals surface area contributed by atoms with Gasteiger partial charge in [-0.2, -0.15) is 0 Å². The van der Waals surface area contributed by atoms with E-state index in [9.17, 15) is 19.5 Å². The van der Waals surface area contributed by atoms with Crippen molar-refractivity contribution in [2.75, 3.05) is 18.5 Å². The van der Waals surface area contributed by atoms with Crippen molar-refractivity contribution >= 4 is 35.0 Å². The van der Waals surface area contributed by atoms with Crippen LogP contribution in [-0.4, -0.2) is 59.1 Å². The summed E-state index contributed by atoms with van der Waals surface area (Å²) in [6, 6.07) is 4.25. The van der Waals surface area contributed by atoms with Crippen LogP contribution in [0.1, 0.15) is 25.3 Å². The van der Waals surface area contributed by atoms with Crippen LogP contribution in [0.2, 0.25) is 5.02 Å². The molecule has 154 valence electrons. The molecular weight excluding hydrogens is 398 g/mol. The third-order valence-electron chi connectivity index (χ3n) is 6.63. The van der Waals surface area contributed by atoms with Crippen molar-refractivity contribution in [3.63, 3.8) is 0 Å². The van der Waals surface area contributed by atoms with Crippen LogP contribution >= 0.6 is 11.6 Å². The van der Waals surface area contributed by atoms with Crippen molar-refractivity contribution in [2.24, 2.45) is 11.8 Å². The standard InChI is InChI=1S/C20H22ClN3O5/c1-9(25)16-14-15(18(27)24(17(14)26)8-11-3-2-6-29-11)20(23-16)12-7-10(21)4-5-13(12)22-19(20)28/h4-5,7,9,11,14-16,23,25H,2-3,6,8H2,1H3,(H,22,28)/t9?,11?,14-,15-,16+,20-/m1/s1. The number of benzene rings is 1. The number of halogens is 1. The summed E-state index contributed by atoms with van der Waals surface area (Å²) in [4.78, 5) is 41.1.